The van der Waals surface area contributed by atoms with E-state index in [1.165, 1.54) is 0 Å². The maximum Gasteiger partial charge on any atom is 0.185 e. The van der Waals surface area contributed by atoms with Crippen LogP contribution >= 0.6 is 0 Å². The predicted octanol–water partition coefficient (Wildman–Crippen LogP) is 4.60. The molecule has 0 amide bonds. The molecule has 0 aliphatic rings. The molecular formula is C23H18N6O. The quantitative estimate of drug-likeness (QED) is 0.454. The molecule has 5 rings (SSSR count). The molecule has 7 heteroatoms. The number of methoxy groups -OCH3 is 1. The molecule has 0 aliphatic heterocycles. The lowest BCUT2D eigenvalue weighted by molar-refractivity contribution is 0.416. The van der Waals surface area contributed by atoms with Gasteiger partial charge in [0.25, 0.3) is 0 Å². The Bertz CT molecular complexity index is 1280. The molecule has 3 aromatic carbocycles. The number of H-pyrrole nitrogens is 2. The maximum atomic E-state index is 5.54. The van der Waals surface area contributed by atoms with Crippen molar-refractivity contribution in [2.75, 3.05) is 7.11 Å². The van der Waals surface area contributed by atoms with Gasteiger partial charge in [0.15, 0.2) is 23.3 Å². The molecule has 0 atom stereocenters. The minimum Gasteiger partial charge on any atom is -0.496 e. The van der Waals surface area contributed by atoms with Gasteiger partial charge in [-0.2, -0.15) is 10.2 Å². The number of aromatic nitrogens is 6. The second-order valence-electron chi connectivity index (χ2n) is 6.66. The maximum absolute atomic E-state index is 5.54. The Morgan fingerprint density at radius 3 is 1.80 bits per heavy atom. The Hall–Kier alpha value is -4.26. The van der Waals surface area contributed by atoms with E-state index >= 15 is 0 Å². The first-order valence-electron chi connectivity index (χ1n) is 9.46. The van der Waals surface area contributed by atoms with Gasteiger partial charge in [0.2, 0.25) is 0 Å². The second-order valence-corrected chi connectivity index (χ2v) is 6.66. The van der Waals surface area contributed by atoms with Crippen molar-refractivity contribution < 1.29 is 4.74 Å². The first-order valence-corrected chi connectivity index (χ1v) is 9.46. The summed E-state index contributed by atoms with van der Waals surface area (Å²) in [6.45, 7) is 0. The molecule has 2 aromatic heterocycles. The molecule has 0 aliphatic carbocycles. The third kappa shape index (κ3) is 3.33. The third-order valence-corrected chi connectivity index (χ3v) is 4.76. The van der Waals surface area contributed by atoms with E-state index in [9.17, 15) is 0 Å². The topological polar surface area (TPSA) is 92.4 Å². The zero-order chi connectivity index (χ0) is 20.3. The number of aromatic amines is 2. The predicted molar refractivity (Wildman–Crippen MR) is 115 cm³/mol. The Morgan fingerprint density at radius 2 is 1.20 bits per heavy atom. The van der Waals surface area contributed by atoms with Crippen LogP contribution < -0.4 is 4.74 Å². The highest BCUT2D eigenvalue weighted by Gasteiger charge is 2.16. The van der Waals surface area contributed by atoms with Crippen molar-refractivity contribution >= 4 is 0 Å². The van der Waals surface area contributed by atoms with Crippen molar-refractivity contribution in [2.24, 2.45) is 0 Å². The standard InChI is InChI=1S/C23H18N6O/c1-30-19-13-12-17(22-24-20(26-28-22)15-8-4-2-5-9-15)14-18(19)23-25-21(27-29-23)16-10-6-3-7-11-16/h2-14H,1H3,(H,24,26,28)(H,25,27,29). The average molecular weight is 394 g/mol. The third-order valence-electron chi connectivity index (χ3n) is 4.76. The van der Waals surface area contributed by atoms with Crippen LogP contribution in [0.5, 0.6) is 5.75 Å². The van der Waals surface area contributed by atoms with Gasteiger partial charge >= 0.3 is 0 Å². The lowest BCUT2D eigenvalue weighted by Crippen LogP contribution is -1.91. The van der Waals surface area contributed by atoms with Gasteiger partial charge in [0.1, 0.15) is 5.75 Å². The summed E-state index contributed by atoms with van der Waals surface area (Å²) >= 11 is 0. The fourth-order valence-corrected chi connectivity index (χ4v) is 3.25. The van der Waals surface area contributed by atoms with Crippen LogP contribution in [-0.2, 0) is 0 Å². The van der Waals surface area contributed by atoms with Gasteiger partial charge < -0.3 is 4.74 Å². The SMILES string of the molecule is COc1ccc(-c2n[nH]c(-c3ccccc3)n2)cc1-c1n[nH]c(-c2ccccc2)n1. The minimum absolute atomic E-state index is 0.548. The van der Waals surface area contributed by atoms with Crippen molar-refractivity contribution in [1.29, 1.82) is 0 Å². The number of nitrogens with zero attached hydrogens (tertiary/aromatic N) is 4. The lowest BCUT2D eigenvalue weighted by atomic mass is 10.1. The molecular weight excluding hydrogens is 376 g/mol. The van der Waals surface area contributed by atoms with Gasteiger partial charge in [0, 0.05) is 16.7 Å². The number of ether oxygens (including phenoxy) is 1. The molecule has 2 heterocycles. The molecule has 0 saturated heterocycles. The molecule has 5 aromatic rings. The summed E-state index contributed by atoms with van der Waals surface area (Å²) in [4.78, 5) is 9.29. The Labute approximate surface area is 172 Å². The van der Waals surface area contributed by atoms with Crippen LogP contribution in [0.4, 0.5) is 0 Å². The number of rotatable bonds is 5. The van der Waals surface area contributed by atoms with E-state index in [1.807, 2.05) is 78.9 Å². The zero-order valence-corrected chi connectivity index (χ0v) is 16.2. The highest BCUT2D eigenvalue weighted by Crippen LogP contribution is 2.32. The zero-order valence-electron chi connectivity index (χ0n) is 16.2. The highest BCUT2D eigenvalue weighted by molar-refractivity contribution is 5.73. The monoisotopic (exact) mass is 394 g/mol. The summed E-state index contributed by atoms with van der Waals surface area (Å²) in [7, 11) is 1.63. The smallest absolute Gasteiger partial charge is 0.185 e. The van der Waals surface area contributed by atoms with Gasteiger partial charge in [-0.25, -0.2) is 9.97 Å². The number of nitrogens with one attached hydrogen (secondary N) is 2. The molecule has 0 spiro atoms. The van der Waals surface area contributed by atoms with E-state index in [0.717, 1.165) is 22.3 Å². The van der Waals surface area contributed by atoms with E-state index in [1.54, 1.807) is 7.11 Å². The van der Waals surface area contributed by atoms with Crippen molar-refractivity contribution in [3.8, 4) is 51.3 Å². The van der Waals surface area contributed by atoms with Gasteiger partial charge in [-0.15, -0.1) is 0 Å². The van der Waals surface area contributed by atoms with E-state index in [4.69, 9.17) is 4.74 Å². The molecule has 146 valence electrons. The molecule has 0 radical (unpaired) electrons. The van der Waals surface area contributed by atoms with Crippen molar-refractivity contribution in [3.63, 3.8) is 0 Å². The van der Waals surface area contributed by atoms with Gasteiger partial charge in [-0.1, -0.05) is 60.7 Å². The van der Waals surface area contributed by atoms with E-state index < -0.39 is 0 Å². The largest absolute Gasteiger partial charge is 0.496 e. The molecule has 2 N–H and O–H groups in total. The molecule has 0 unspecified atom stereocenters. The highest BCUT2D eigenvalue weighted by atomic mass is 16.5. The van der Waals surface area contributed by atoms with Gasteiger partial charge in [0.05, 0.1) is 12.7 Å². The van der Waals surface area contributed by atoms with Crippen LogP contribution in [0.25, 0.3) is 45.6 Å². The molecule has 0 bridgehead atoms. The molecule has 7 nitrogen and oxygen atoms in total. The van der Waals surface area contributed by atoms with E-state index in [-0.39, 0.29) is 0 Å². The van der Waals surface area contributed by atoms with Crippen LogP contribution in [0.15, 0.2) is 78.9 Å². The van der Waals surface area contributed by atoms with Crippen LogP contribution in [0.3, 0.4) is 0 Å². The fraction of sp³-hybridized carbons (Fsp3) is 0.0435. The summed E-state index contributed by atoms with van der Waals surface area (Å²) in [5.74, 6) is 3.23. The van der Waals surface area contributed by atoms with Crippen LogP contribution in [0, 0.1) is 0 Å². The lowest BCUT2D eigenvalue weighted by Gasteiger charge is -2.06. The minimum atomic E-state index is 0.548. The molecule has 0 saturated carbocycles. The summed E-state index contributed by atoms with van der Waals surface area (Å²) in [5.41, 5.74) is 3.55. The summed E-state index contributed by atoms with van der Waals surface area (Å²) in [6.07, 6.45) is 0. The van der Waals surface area contributed by atoms with Crippen molar-refractivity contribution in [2.45, 2.75) is 0 Å². The summed E-state index contributed by atoms with van der Waals surface area (Å²) in [5, 5.41) is 14.8. The normalized spacial score (nSPS) is 10.8. The Morgan fingerprint density at radius 1 is 0.633 bits per heavy atom. The molecule has 30 heavy (non-hydrogen) atoms. The van der Waals surface area contributed by atoms with Gasteiger partial charge in [-0.05, 0) is 18.2 Å². The second kappa shape index (κ2) is 7.63. The Balaban J connectivity index is 1.52. The van der Waals surface area contributed by atoms with E-state index in [2.05, 4.69) is 30.4 Å². The first kappa shape index (κ1) is 17.8. The van der Waals surface area contributed by atoms with Crippen LogP contribution in [-0.4, -0.2) is 37.5 Å². The van der Waals surface area contributed by atoms with Gasteiger partial charge in [-0.3, -0.25) is 10.2 Å². The van der Waals surface area contributed by atoms with E-state index in [0.29, 0.717) is 29.0 Å². The summed E-state index contributed by atoms with van der Waals surface area (Å²) in [6, 6.07) is 25.5. The fourth-order valence-electron chi connectivity index (χ4n) is 3.25. The number of benzene rings is 3. The number of hydrogen-bond donors (Lipinski definition) is 2. The van der Waals surface area contributed by atoms with Crippen molar-refractivity contribution in [1.82, 2.24) is 30.4 Å². The first-order chi connectivity index (χ1) is 14.8. The van der Waals surface area contributed by atoms with Crippen molar-refractivity contribution in [3.05, 3.63) is 78.9 Å². The van der Waals surface area contributed by atoms with Crippen LogP contribution in [0.2, 0.25) is 0 Å². The van der Waals surface area contributed by atoms with Crippen LogP contribution in [0.1, 0.15) is 0 Å². The Kier molecular flexibility index (Phi) is 4.53. The number of hydrogen-bond acceptors (Lipinski definition) is 5. The average Bonchev–Trinajstić information content (AvgIpc) is 3.50. The molecule has 0 fully saturated rings. The summed E-state index contributed by atoms with van der Waals surface area (Å²) < 4.78 is 5.54.